The molecule has 0 spiro atoms. The minimum absolute atomic E-state index is 0.0627. The molecule has 1 saturated heterocycles. The van der Waals surface area contributed by atoms with Crippen molar-refractivity contribution in [2.45, 2.75) is 12.8 Å². The van der Waals surface area contributed by atoms with Gasteiger partial charge in [-0.3, -0.25) is 4.79 Å². The van der Waals surface area contributed by atoms with Crippen LogP contribution in [-0.4, -0.2) is 77.4 Å². The number of hydrogen-bond donors (Lipinski definition) is 1. The van der Waals surface area contributed by atoms with Gasteiger partial charge in [-0.15, -0.1) is 0 Å². The molecule has 1 N–H and O–H groups in total. The number of piperidine rings is 1. The molecule has 0 unspecified atom stereocenters. The molecule has 1 heterocycles. The van der Waals surface area contributed by atoms with Gasteiger partial charge in [-0.2, -0.15) is 17.0 Å². The second kappa shape index (κ2) is 9.42. The van der Waals surface area contributed by atoms with Crippen molar-refractivity contribution in [2.24, 2.45) is 5.92 Å². The first-order valence-corrected chi connectivity index (χ1v) is 10.4. The van der Waals surface area contributed by atoms with Crippen LogP contribution in [0, 0.1) is 5.92 Å². The highest BCUT2D eigenvalue weighted by Gasteiger charge is 2.34. The van der Waals surface area contributed by atoms with Crippen LogP contribution in [-0.2, 0) is 19.7 Å². The summed E-state index contributed by atoms with van der Waals surface area (Å²) in [7, 11) is 3.39. The topological polar surface area (TPSA) is 114 Å². The lowest BCUT2D eigenvalue weighted by atomic mass is 9.98. The first kappa shape index (κ1) is 22.9. The molecule has 0 bridgehead atoms. The van der Waals surface area contributed by atoms with E-state index in [1.807, 2.05) is 0 Å². The van der Waals surface area contributed by atoms with Crippen molar-refractivity contribution in [1.29, 1.82) is 0 Å². The average molecular weight is 429 g/mol. The number of nitrogens with zero attached hydrogens (tertiary/aromatic N) is 2. The predicted molar refractivity (Wildman–Crippen MR) is 106 cm³/mol. The van der Waals surface area contributed by atoms with Crippen molar-refractivity contribution < 1.29 is 32.2 Å². The Morgan fingerprint density at radius 1 is 1.14 bits per heavy atom. The van der Waals surface area contributed by atoms with Crippen LogP contribution < -0.4 is 14.8 Å². The zero-order chi connectivity index (χ0) is 21.8. The number of hydrogen-bond acceptors (Lipinski definition) is 7. The van der Waals surface area contributed by atoms with Gasteiger partial charge in [0.1, 0.15) is 0 Å². The lowest BCUT2D eigenvalue weighted by Gasteiger charge is -2.32. The molecule has 1 aliphatic heterocycles. The fourth-order valence-electron chi connectivity index (χ4n) is 3.09. The quantitative estimate of drug-likeness (QED) is 0.642. The summed E-state index contributed by atoms with van der Waals surface area (Å²) in [5, 5.41) is 2.71. The number of nitrogens with one attached hydrogen (secondary N) is 1. The number of ether oxygens (including phenoxy) is 3. The molecule has 1 atom stereocenters. The van der Waals surface area contributed by atoms with Gasteiger partial charge in [0.15, 0.2) is 11.5 Å². The summed E-state index contributed by atoms with van der Waals surface area (Å²) in [6.07, 6.45) is 1.09. The van der Waals surface area contributed by atoms with Crippen LogP contribution in [0.1, 0.15) is 23.2 Å². The van der Waals surface area contributed by atoms with E-state index in [4.69, 9.17) is 14.2 Å². The van der Waals surface area contributed by atoms with Crippen LogP contribution in [0.4, 0.5) is 5.69 Å². The molecule has 162 valence electrons. The molecule has 0 aromatic heterocycles. The van der Waals surface area contributed by atoms with Gasteiger partial charge in [-0.1, -0.05) is 0 Å². The molecule has 1 aromatic rings. The van der Waals surface area contributed by atoms with Crippen molar-refractivity contribution >= 4 is 27.8 Å². The smallest absolute Gasteiger partial charge is 0.340 e. The molecule has 0 saturated carbocycles. The monoisotopic (exact) mass is 429 g/mol. The van der Waals surface area contributed by atoms with E-state index in [-0.39, 0.29) is 23.7 Å². The molecule has 29 heavy (non-hydrogen) atoms. The van der Waals surface area contributed by atoms with Gasteiger partial charge in [0, 0.05) is 39.3 Å². The van der Waals surface area contributed by atoms with E-state index in [0.717, 1.165) is 4.31 Å². The van der Waals surface area contributed by atoms with Crippen molar-refractivity contribution in [2.75, 3.05) is 53.8 Å². The van der Waals surface area contributed by atoms with Gasteiger partial charge < -0.3 is 19.5 Å². The van der Waals surface area contributed by atoms with Crippen LogP contribution in [0.5, 0.6) is 11.5 Å². The third-order valence-corrected chi connectivity index (χ3v) is 6.64. The summed E-state index contributed by atoms with van der Waals surface area (Å²) >= 11 is 0. The number of methoxy groups -OCH3 is 3. The Bertz CT molecular complexity index is 870. The minimum Gasteiger partial charge on any atom is -0.493 e. The van der Waals surface area contributed by atoms with Gasteiger partial charge in [0.05, 0.1) is 38.5 Å². The number of benzene rings is 1. The van der Waals surface area contributed by atoms with E-state index in [9.17, 15) is 18.0 Å². The SMILES string of the molecule is COC(=O)c1cc(OC)c(OC)cc1NC(=O)[C@H]1CCCN(S(=O)(=O)N(C)C)C1. The molecule has 1 amide bonds. The molecule has 1 fully saturated rings. The number of carbonyl (C=O) groups is 2. The highest BCUT2D eigenvalue weighted by molar-refractivity contribution is 7.86. The van der Waals surface area contributed by atoms with E-state index < -0.39 is 22.1 Å². The maximum absolute atomic E-state index is 12.9. The van der Waals surface area contributed by atoms with E-state index in [1.165, 1.54) is 51.9 Å². The third kappa shape index (κ3) is 4.98. The second-order valence-corrected chi connectivity index (χ2v) is 8.86. The van der Waals surface area contributed by atoms with Gasteiger partial charge in [0.2, 0.25) is 5.91 Å². The summed E-state index contributed by atoms with van der Waals surface area (Å²) in [5.74, 6) is -0.956. The van der Waals surface area contributed by atoms with Crippen LogP contribution in [0.25, 0.3) is 0 Å². The van der Waals surface area contributed by atoms with E-state index in [2.05, 4.69) is 5.32 Å². The largest absolute Gasteiger partial charge is 0.493 e. The number of esters is 1. The summed E-state index contributed by atoms with van der Waals surface area (Å²) in [6.45, 7) is 0.418. The molecule has 1 aliphatic rings. The standard InChI is InChI=1S/C18H27N3O7S/c1-20(2)29(24,25)21-8-6-7-12(11-21)17(22)19-14-10-16(27-4)15(26-3)9-13(14)18(23)28-5/h9-10,12H,6-8,11H2,1-5H3,(H,19,22)/t12-/m0/s1. The first-order chi connectivity index (χ1) is 13.6. The molecule has 0 radical (unpaired) electrons. The highest BCUT2D eigenvalue weighted by atomic mass is 32.2. The third-order valence-electron chi connectivity index (χ3n) is 4.73. The molecular formula is C18H27N3O7S. The van der Waals surface area contributed by atoms with Crippen molar-refractivity contribution in [1.82, 2.24) is 8.61 Å². The van der Waals surface area contributed by atoms with Crippen LogP contribution in [0.2, 0.25) is 0 Å². The fraction of sp³-hybridized carbons (Fsp3) is 0.556. The second-order valence-electron chi connectivity index (χ2n) is 6.72. The normalized spacial score (nSPS) is 17.7. The number of anilines is 1. The maximum atomic E-state index is 12.9. The molecule has 2 rings (SSSR count). The van der Waals surface area contributed by atoms with E-state index in [1.54, 1.807) is 0 Å². The Kier molecular flexibility index (Phi) is 7.44. The highest BCUT2D eigenvalue weighted by Crippen LogP contribution is 2.34. The summed E-state index contributed by atoms with van der Waals surface area (Å²) < 4.78 is 42.4. The Hall–Kier alpha value is -2.37. The Balaban J connectivity index is 2.28. The summed E-state index contributed by atoms with van der Waals surface area (Å²) in [5.41, 5.74) is 0.305. The van der Waals surface area contributed by atoms with Gasteiger partial charge >= 0.3 is 5.97 Å². The van der Waals surface area contributed by atoms with E-state index >= 15 is 0 Å². The minimum atomic E-state index is -3.61. The van der Waals surface area contributed by atoms with Gasteiger partial charge in [-0.25, -0.2) is 4.79 Å². The summed E-state index contributed by atoms with van der Waals surface area (Å²) in [6, 6.07) is 2.89. The van der Waals surface area contributed by atoms with Crippen LogP contribution in [0.15, 0.2) is 12.1 Å². The molecule has 10 nitrogen and oxygen atoms in total. The predicted octanol–water partition coefficient (Wildman–Crippen LogP) is 0.947. The first-order valence-electron chi connectivity index (χ1n) is 8.98. The zero-order valence-corrected chi connectivity index (χ0v) is 18.0. The number of carbonyl (C=O) groups excluding carboxylic acids is 2. The maximum Gasteiger partial charge on any atom is 0.340 e. The molecule has 1 aromatic carbocycles. The van der Waals surface area contributed by atoms with Gasteiger partial charge in [-0.05, 0) is 12.8 Å². The average Bonchev–Trinajstić information content (AvgIpc) is 2.72. The Morgan fingerprint density at radius 2 is 1.76 bits per heavy atom. The molecule has 0 aliphatic carbocycles. The van der Waals surface area contributed by atoms with Crippen molar-refractivity contribution in [3.63, 3.8) is 0 Å². The lowest BCUT2D eigenvalue weighted by Crippen LogP contribution is -2.47. The molecule has 11 heteroatoms. The van der Waals surface area contributed by atoms with E-state index in [0.29, 0.717) is 30.9 Å². The lowest BCUT2D eigenvalue weighted by molar-refractivity contribution is -0.120. The Morgan fingerprint density at radius 3 is 2.31 bits per heavy atom. The van der Waals surface area contributed by atoms with Crippen LogP contribution in [0.3, 0.4) is 0 Å². The van der Waals surface area contributed by atoms with Crippen molar-refractivity contribution in [3.8, 4) is 11.5 Å². The fourth-order valence-corrected chi connectivity index (χ4v) is 4.28. The number of amides is 1. The van der Waals surface area contributed by atoms with Gasteiger partial charge in [0.25, 0.3) is 10.2 Å². The van der Waals surface area contributed by atoms with Crippen molar-refractivity contribution in [3.05, 3.63) is 17.7 Å². The number of rotatable bonds is 7. The van der Waals surface area contributed by atoms with Crippen LogP contribution >= 0.6 is 0 Å². The zero-order valence-electron chi connectivity index (χ0n) is 17.2. The molecular weight excluding hydrogens is 402 g/mol. The summed E-state index contributed by atoms with van der Waals surface area (Å²) in [4.78, 5) is 25.0. The Labute approximate surface area is 170 Å².